The minimum absolute atomic E-state index is 0.396. The summed E-state index contributed by atoms with van der Waals surface area (Å²) in [5.74, 6) is 1.92. The zero-order chi connectivity index (χ0) is 54.2. The molecule has 384 valence electrons. The summed E-state index contributed by atoms with van der Waals surface area (Å²) < 4.78 is 0. The summed E-state index contributed by atoms with van der Waals surface area (Å²) in [5.41, 5.74) is 12.1. The molecule has 0 aliphatic heterocycles. The molecule has 0 spiro atoms. The third-order valence-electron chi connectivity index (χ3n) is 14.8. The predicted octanol–water partition coefficient (Wildman–Crippen LogP) is 15.3. The van der Waals surface area contributed by atoms with Crippen LogP contribution in [0.1, 0.15) is 0 Å². The Morgan fingerprint density at radius 3 is 0.951 bits per heavy atom. The average Bonchev–Trinajstić information content (AvgIpc) is 3.71. The van der Waals surface area contributed by atoms with Crippen LogP contribution >= 0.6 is 0 Å². The number of nitrogens with zero attached hydrogens (tertiary/aromatic N) is 7. The van der Waals surface area contributed by atoms with E-state index in [1.165, 1.54) is 20.7 Å². The molecule has 0 atom stereocenters. The maximum Gasteiger partial charge on any atom is 0.241 e. The van der Waals surface area contributed by atoms with Crippen molar-refractivity contribution in [2.75, 3.05) is 9.80 Å². The van der Waals surface area contributed by atoms with Gasteiger partial charge in [0.25, 0.3) is 0 Å². The highest BCUT2D eigenvalue weighted by molar-refractivity contribution is 7.19. The molecule has 0 unspecified atom stereocenters. The zero-order valence-corrected chi connectivity index (χ0v) is 45.2. The SMILES string of the molecule is c1ccc(-c2ccnc(N(c3ccc(-c4ccc([Si](c5ccccc5)(c5ccccc5)c5ccc(-c6ccc(N(c7ccccc7)c7ccccc7)cc6)cc5)cc4)cc3)c3nc(-c4ccccc4)nc(-c4ccccc4)n3)n2)cc1. The van der Waals surface area contributed by atoms with Crippen molar-refractivity contribution in [3.8, 4) is 56.3 Å². The summed E-state index contributed by atoms with van der Waals surface area (Å²) in [6, 6.07) is 111. The summed E-state index contributed by atoms with van der Waals surface area (Å²) in [6.45, 7) is 0. The lowest BCUT2D eigenvalue weighted by atomic mass is 10.0. The van der Waals surface area contributed by atoms with E-state index in [1.807, 2.05) is 89.8 Å². The molecule has 0 amide bonds. The Morgan fingerprint density at radius 1 is 0.222 bits per heavy atom. The van der Waals surface area contributed by atoms with E-state index in [4.69, 9.17) is 24.9 Å². The lowest BCUT2D eigenvalue weighted by Crippen LogP contribution is -2.74. The van der Waals surface area contributed by atoms with Crippen molar-refractivity contribution < 1.29 is 0 Å². The Balaban J connectivity index is 0.867. The van der Waals surface area contributed by atoms with Gasteiger partial charge in [0.1, 0.15) is 0 Å². The van der Waals surface area contributed by atoms with Crippen LogP contribution in [0.2, 0.25) is 0 Å². The maximum absolute atomic E-state index is 5.15. The third-order valence-corrected chi connectivity index (χ3v) is 19.6. The highest BCUT2D eigenvalue weighted by Gasteiger charge is 2.41. The Bertz CT molecular complexity index is 4030. The first-order valence-corrected chi connectivity index (χ1v) is 29.1. The summed E-state index contributed by atoms with van der Waals surface area (Å²) >= 11 is 0. The van der Waals surface area contributed by atoms with Gasteiger partial charge < -0.3 is 4.90 Å². The molecule has 81 heavy (non-hydrogen) atoms. The monoisotopic (exact) mass is 1060 g/mol. The van der Waals surface area contributed by atoms with Gasteiger partial charge in [0.2, 0.25) is 11.9 Å². The molecule has 2 aromatic heterocycles. The number of anilines is 6. The van der Waals surface area contributed by atoms with Crippen molar-refractivity contribution in [2.45, 2.75) is 0 Å². The molecule has 0 bridgehead atoms. The van der Waals surface area contributed by atoms with E-state index >= 15 is 0 Å². The number of hydrogen-bond donors (Lipinski definition) is 0. The largest absolute Gasteiger partial charge is 0.311 e. The first-order valence-electron chi connectivity index (χ1n) is 27.1. The Morgan fingerprint density at radius 2 is 0.543 bits per heavy atom. The second-order valence-corrected chi connectivity index (χ2v) is 23.5. The van der Waals surface area contributed by atoms with Gasteiger partial charge in [-0.1, -0.05) is 261 Å². The van der Waals surface area contributed by atoms with Gasteiger partial charge in [-0.15, -0.1) is 0 Å². The molecule has 0 radical (unpaired) electrons. The Kier molecular flexibility index (Phi) is 14.0. The summed E-state index contributed by atoms with van der Waals surface area (Å²) in [6.07, 6.45) is 1.79. The van der Waals surface area contributed by atoms with Gasteiger partial charge in [-0.3, -0.25) is 0 Å². The molecule has 11 aromatic carbocycles. The number of hydrogen-bond acceptors (Lipinski definition) is 7. The van der Waals surface area contributed by atoms with Crippen LogP contribution in [0.5, 0.6) is 0 Å². The molecular formula is C73H53N7Si. The summed E-state index contributed by atoms with van der Waals surface area (Å²) in [4.78, 5) is 29.5. The van der Waals surface area contributed by atoms with Crippen LogP contribution in [-0.4, -0.2) is 33.0 Å². The van der Waals surface area contributed by atoms with Crippen molar-refractivity contribution in [1.82, 2.24) is 24.9 Å². The molecular weight excluding hydrogens is 1000 g/mol. The van der Waals surface area contributed by atoms with Crippen molar-refractivity contribution in [3.63, 3.8) is 0 Å². The smallest absolute Gasteiger partial charge is 0.241 e. The van der Waals surface area contributed by atoms with Crippen molar-refractivity contribution >= 4 is 63.5 Å². The second kappa shape index (κ2) is 22.7. The summed E-state index contributed by atoms with van der Waals surface area (Å²) in [5, 5.41) is 5.23. The van der Waals surface area contributed by atoms with Gasteiger partial charge in [0, 0.05) is 39.9 Å². The van der Waals surface area contributed by atoms with E-state index in [2.05, 4.69) is 235 Å². The Hall–Kier alpha value is -10.7. The molecule has 0 saturated heterocycles. The van der Waals surface area contributed by atoms with Crippen LogP contribution in [0.4, 0.5) is 34.6 Å². The van der Waals surface area contributed by atoms with E-state index in [0.29, 0.717) is 23.5 Å². The molecule has 0 fully saturated rings. The molecule has 0 N–H and O–H groups in total. The van der Waals surface area contributed by atoms with Crippen molar-refractivity contribution in [1.29, 1.82) is 0 Å². The molecule has 0 saturated carbocycles. The average molecular weight is 1060 g/mol. The third kappa shape index (κ3) is 10.2. The molecule has 2 heterocycles. The van der Waals surface area contributed by atoms with Gasteiger partial charge in [0.15, 0.2) is 19.7 Å². The van der Waals surface area contributed by atoms with E-state index < -0.39 is 8.07 Å². The first-order chi connectivity index (χ1) is 40.2. The lowest BCUT2D eigenvalue weighted by molar-refractivity contribution is 0.982. The molecule has 13 aromatic rings. The van der Waals surface area contributed by atoms with Gasteiger partial charge in [-0.05, 0) is 97.6 Å². The van der Waals surface area contributed by atoms with Gasteiger partial charge in [-0.2, -0.15) is 9.97 Å². The van der Waals surface area contributed by atoms with Crippen molar-refractivity contribution in [2.24, 2.45) is 0 Å². The highest BCUT2D eigenvalue weighted by Crippen LogP contribution is 2.37. The van der Waals surface area contributed by atoms with Gasteiger partial charge in [-0.25, -0.2) is 19.9 Å². The normalized spacial score (nSPS) is 11.2. The van der Waals surface area contributed by atoms with Crippen LogP contribution in [0.15, 0.2) is 322 Å². The molecule has 13 rings (SSSR count). The fourth-order valence-electron chi connectivity index (χ4n) is 10.9. The molecule has 0 aliphatic rings. The van der Waals surface area contributed by atoms with Gasteiger partial charge >= 0.3 is 0 Å². The topological polar surface area (TPSA) is 70.9 Å². The zero-order valence-electron chi connectivity index (χ0n) is 44.2. The fraction of sp³-hybridized carbons (Fsp3) is 0. The summed E-state index contributed by atoms with van der Waals surface area (Å²) in [7, 11) is -2.88. The van der Waals surface area contributed by atoms with E-state index in [1.54, 1.807) is 6.20 Å². The quantitative estimate of drug-likeness (QED) is 0.0748. The Labute approximate surface area is 473 Å². The first kappa shape index (κ1) is 49.9. The minimum Gasteiger partial charge on any atom is -0.311 e. The van der Waals surface area contributed by atoms with E-state index in [0.717, 1.165) is 67.4 Å². The number of benzene rings is 11. The van der Waals surface area contributed by atoms with Crippen molar-refractivity contribution in [3.05, 3.63) is 322 Å². The van der Waals surface area contributed by atoms with Crippen LogP contribution in [0.25, 0.3) is 56.3 Å². The van der Waals surface area contributed by atoms with Crippen LogP contribution < -0.4 is 30.5 Å². The maximum atomic E-state index is 5.15. The number of para-hydroxylation sites is 2. The predicted molar refractivity (Wildman–Crippen MR) is 336 cm³/mol. The number of aromatic nitrogens is 5. The second-order valence-electron chi connectivity index (χ2n) is 19.7. The molecule has 0 aliphatic carbocycles. The van der Waals surface area contributed by atoms with E-state index in [9.17, 15) is 0 Å². The standard InChI is InChI=1S/C73H53N7Si/c1-8-22-58(23-9-1)69-52-53-74-72(75-69)80(73-77-70(59-24-10-2-11-25-59)76-71(78-73)60-26-12-3-13-27-60)64-46-38-55(39-47-64)57-42-50-68(51-43-57)81(65-32-18-6-19-33-65,66-34-20-7-21-35-66)67-48-40-56(41-49-67)54-36-44-63(45-37-54)79(61-28-14-4-15-29-61)62-30-16-5-17-31-62/h1-53H. The molecule has 8 heteroatoms. The highest BCUT2D eigenvalue weighted by atomic mass is 28.3. The number of rotatable bonds is 15. The van der Waals surface area contributed by atoms with Crippen LogP contribution in [0.3, 0.4) is 0 Å². The fourth-order valence-corrected chi connectivity index (χ4v) is 15.6. The molecule has 7 nitrogen and oxygen atoms in total. The van der Waals surface area contributed by atoms with Gasteiger partial charge in [0.05, 0.1) is 11.4 Å². The van der Waals surface area contributed by atoms with Crippen LogP contribution in [-0.2, 0) is 0 Å². The van der Waals surface area contributed by atoms with E-state index in [-0.39, 0.29) is 0 Å². The van der Waals surface area contributed by atoms with Crippen LogP contribution in [0, 0.1) is 0 Å². The minimum atomic E-state index is -2.88. The lowest BCUT2D eigenvalue weighted by Gasteiger charge is -2.34.